The molecule has 0 radical (unpaired) electrons. The lowest BCUT2D eigenvalue weighted by Gasteiger charge is -2.31. The van der Waals surface area contributed by atoms with E-state index in [2.05, 4.69) is 15.0 Å². The van der Waals surface area contributed by atoms with Gasteiger partial charge in [-0.2, -0.15) is 9.97 Å². The number of nitrogens with zero attached hydrogens (tertiary/aromatic N) is 4. The molecular weight excluding hydrogens is 314 g/mol. The van der Waals surface area contributed by atoms with Gasteiger partial charge in [0.05, 0.1) is 31.1 Å². The van der Waals surface area contributed by atoms with Crippen LogP contribution in [0.5, 0.6) is 0 Å². The van der Waals surface area contributed by atoms with E-state index in [1.165, 1.54) is 10.9 Å². The highest BCUT2D eigenvalue weighted by Crippen LogP contribution is 2.45. The summed E-state index contributed by atoms with van der Waals surface area (Å²) in [5.74, 6) is 0.122. The van der Waals surface area contributed by atoms with Crippen LogP contribution in [-0.4, -0.2) is 60.3 Å². The average molecular weight is 330 g/mol. The number of nitrogens with two attached hydrogens (primary N) is 1. The Kier molecular flexibility index (Phi) is 3.69. The number of nitrogen functional groups attached to an aromatic ring is 1. The number of rotatable bonds is 3. The van der Waals surface area contributed by atoms with Crippen molar-refractivity contribution in [3.05, 3.63) is 11.6 Å². The molecule has 0 bridgehead atoms. The summed E-state index contributed by atoms with van der Waals surface area (Å²) in [6.45, 7) is 0.914. The molecule has 3 heterocycles. The summed E-state index contributed by atoms with van der Waals surface area (Å²) in [6, 6.07) is 0. The molecule has 22 heavy (non-hydrogen) atoms. The fraction of sp³-hybridized carbons (Fsp3) is 0.583. The van der Waals surface area contributed by atoms with E-state index in [0.29, 0.717) is 11.2 Å². The van der Waals surface area contributed by atoms with Crippen LogP contribution in [0.15, 0.2) is 6.33 Å². The highest BCUT2D eigenvalue weighted by Gasteiger charge is 2.53. The van der Waals surface area contributed by atoms with Gasteiger partial charge in [-0.3, -0.25) is 4.57 Å². The summed E-state index contributed by atoms with van der Waals surface area (Å²) >= 11 is 5.83. The first-order chi connectivity index (χ1) is 10.4. The Morgan fingerprint density at radius 1 is 1.45 bits per heavy atom. The highest BCUT2D eigenvalue weighted by molar-refractivity contribution is 6.28. The fourth-order valence-electron chi connectivity index (χ4n) is 2.75. The molecule has 0 saturated carbocycles. The molecule has 4 atom stereocenters. The van der Waals surface area contributed by atoms with Gasteiger partial charge in [-0.15, -0.1) is 0 Å². The smallest absolute Gasteiger partial charge is 0.226 e. The topological polar surface area (TPSA) is 140 Å². The van der Waals surface area contributed by atoms with Crippen LogP contribution in [0.4, 0.5) is 5.82 Å². The maximum atomic E-state index is 10.3. The molecule has 3 rings (SSSR count). The molecule has 0 spiro atoms. The van der Waals surface area contributed by atoms with Crippen molar-refractivity contribution in [2.24, 2.45) is 5.41 Å². The lowest BCUT2D eigenvalue weighted by atomic mass is 9.83. The van der Waals surface area contributed by atoms with Crippen molar-refractivity contribution in [2.45, 2.75) is 25.4 Å². The third-order valence-electron chi connectivity index (χ3n) is 4.09. The Morgan fingerprint density at radius 3 is 2.82 bits per heavy atom. The van der Waals surface area contributed by atoms with Gasteiger partial charge in [0.25, 0.3) is 0 Å². The van der Waals surface area contributed by atoms with E-state index < -0.39 is 23.9 Å². The fourth-order valence-corrected chi connectivity index (χ4v) is 2.92. The minimum atomic E-state index is -1.06. The van der Waals surface area contributed by atoms with Crippen molar-refractivity contribution in [2.75, 3.05) is 18.9 Å². The van der Waals surface area contributed by atoms with Gasteiger partial charge in [-0.05, 0) is 11.6 Å². The first kappa shape index (κ1) is 15.4. The first-order valence-corrected chi connectivity index (χ1v) is 7.01. The van der Waals surface area contributed by atoms with Crippen molar-refractivity contribution < 1.29 is 20.1 Å². The Bertz CT molecular complexity index is 710. The number of imidazole rings is 1. The van der Waals surface area contributed by atoms with E-state index in [1.807, 2.05) is 0 Å². The standard InChI is InChI=1S/C12H16ClN5O4/c1-12(3-20)7(21)5(2-19)22-10(12)18-4-15-6-8(14)16-11(13)17-9(6)18/h4-5,7,10,19-21H,2-3H2,1H3,(H2,14,16,17)/t5-,7?,10-,12+/m1/s1. The molecule has 10 heteroatoms. The second-order valence-electron chi connectivity index (χ2n) is 5.52. The number of aromatic nitrogens is 4. The molecule has 1 fully saturated rings. The monoisotopic (exact) mass is 329 g/mol. The number of halogens is 1. The molecule has 1 unspecified atom stereocenters. The molecular formula is C12H16ClN5O4. The van der Waals surface area contributed by atoms with Crippen LogP contribution in [0, 0.1) is 5.41 Å². The minimum absolute atomic E-state index is 0.0466. The molecule has 0 amide bonds. The zero-order valence-corrected chi connectivity index (χ0v) is 12.5. The lowest BCUT2D eigenvalue weighted by Crippen LogP contribution is -2.41. The largest absolute Gasteiger partial charge is 0.396 e. The predicted octanol–water partition coefficient (Wildman–Crippen LogP) is -0.689. The Balaban J connectivity index is 2.14. The second-order valence-corrected chi connectivity index (χ2v) is 5.86. The van der Waals surface area contributed by atoms with Crippen LogP contribution in [0.2, 0.25) is 5.28 Å². The summed E-state index contributed by atoms with van der Waals surface area (Å²) in [5, 5.41) is 29.3. The predicted molar refractivity (Wildman–Crippen MR) is 76.9 cm³/mol. The summed E-state index contributed by atoms with van der Waals surface area (Å²) in [7, 11) is 0. The normalized spacial score (nSPS) is 32.0. The maximum Gasteiger partial charge on any atom is 0.226 e. The molecule has 2 aromatic heterocycles. The number of fused-ring (bicyclic) bond motifs is 1. The van der Waals surface area contributed by atoms with E-state index in [-0.39, 0.29) is 24.3 Å². The minimum Gasteiger partial charge on any atom is -0.396 e. The summed E-state index contributed by atoms with van der Waals surface area (Å²) < 4.78 is 7.20. The van der Waals surface area contributed by atoms with Crippen LogP contribution in [0.3, 0.4) is 0 Å². The van der Waals surface area contributed by atoms with Crippen molar-refractivity contribution in [3.63, 3.8) is 0 Å². The lowest BCUT2D eigenvalue weighted by molar-refractivity contribution is -0.0595. The van der Waals surface area contributed by atoms with Gasteiger partial charge in [0, 0.05) is 0 Å². The van der Waals surface area contributed by atoms with Gasteiger partial charge < -0.3 is 25.8 Å². The Hall–Kier alpha value is -1.52. The molecule has 1 saturated heterocycles. The highest BCUT2D eigenvalue weighted by atomic mass is 35.5. The van der Waals surface area contributed by atoms with Crippen LogP contribution < -0.4 is 5.73 Å². The van der Waals surface area contributed by atoms with Crippen LogP contribution in [0.1, 0.15) is 13.2 Å². The number of anilines is 1. The maximum absolute atomic E-state index is 10.3. The van der Waals surface area contributed by atoms with Crippen molar-refractivity contribution in [1.82, 2.24) is 19.5 Å². The number of aliphatic hydroxyl groups is 3. The van der Waals surface area contributed by atoms with E-state index in [4.69, 9.17) is 22.1 Å². The van der Waals surface area contributed by atoms with Gasteiger partial charge in [-0.1, -0.05) is 6.92 Å². The zero-order valence-electron chi connectivity index (χ0n) is 11.7. The third kappa shape index (κ3) is 2.05. The van der Waals surface area contributed by atoms with Gasteiger partial charge in [-0.25, -0.2) is 4.98 Å². The number of ether oxygens (including phenoxy) is 1. The van der Waals surface area contributed by atoms with Crippen molar-refractivity contribution in [1.29, 1.82) is 0 Å². The van der Waals surface area contributed by atoms with Crippen molar-refractivity contribution in [3.8, 4) is 0 Å². The Labute approximate surface area is 130 Å². The summed E-state index contributed by atoms with van der Waals surface area (Å²) in [6.07, 6.45) is -1.24. The first-order valence-electron chi connectivity index (χ1n) is 6.63. The van der Waals surface area contributed by atoms with Crippen LogP contribution in [0.25, 0.3) is 11.2 Å². The third-order valence-corrected chi connectivity index (χ3v) is 4.26. The number of hydrogen-bond donors (Lipinski definition) is 4. The molecule has 1 aliphatic heterocycles. The number of aliphatic hydroxyl groups excluding tert-OH is 3. The average Bonchev–Trinajstić information content (AvgIpc) is 3.00. The van der Waals surface area contributed by atoms with Gasteiger partial charge in [0.2, 0.25) is 5.28 Å². The molecule has 5 N–H and O–H groups in total. The van der Waals surface area contributed by atoms with Crippen LogP contribution in [-0.2, 0) is 4.74 Å². The van der Waals surface area contributed by atoms with E-state index in [1.54, 1.807) is 6.92 Å². The van der Waals surface area contributed by atoms with Gasteiger partial charge >= 0.3 is 0 Å². The SMILES string of the molecule is C[C@]1(CO)C(O)[C@@H](CO)O[C@H]1n1cnc2c(N)nc(Cl)nc21. The summed E-state index contributed by atoms with van der Waals surface area (Å²) in [4.78, 5) is 12.0. The summed E-state index contributed by atoms with van der Waals surface area (Å²) in [5.41, 5.74) is 5.38. The molecule has 2 aromatic rings. The van der Waals surface area contributed by atoms with E-state index in [9.17, 15) is 15.3 Å². The molecule has 1 aliphatic rings. The second kappa shape index (κ2) is 5.28. The Morgan fingerprint density at radius 2 is 2.18 bits per heavy atom. The molecule has 0 aliphatic carbocycles. The molecule has 9 nitrogen and oxygen atoms in total. The molecule has 120 valence electrons. The molecule has 0 aromatic carbocycles. The number of hydrogen-bond acceptors (Lipinski definition) is 8. The van der Waals surface area contributed by atoms with Gasteiger partial charge in [0.1, 0.15) is 17.8 Å². The zero-order chi connectivity index (χ0) is 16.1. The van der Waals surface area contributed by atoms with Crippen LogP contribution >= 0.6 is 11.6 Å². The van der Waals surface area contributed by atoms with E-state index in [0.717, 1.165) is 0 Å². The van der Waals surface area contributed by atoms with Crippen molar-refractivity contribution >= 4 is 28.6 Å². The van der Waals surface area contributed by atoms with Gasteiger partial charge in [0.15, 0.2) is 11.5 Å². The quantitative estimate of drug-likeness (QED) is 0.543. The van der Waals surface area contributed by atoms with E-state index >= 15 is 0 Å².